The Bertz CT molecular complexity index is 821. The van der Waals surface area contributed by atoms with Gasteiger partial charge in [0, 0.05) is 17.0 Å². The molecule has 21 heavy (non-hydrogen) atoms. The minimum Gasteiger partial charge on any atom is -0.455 e. The molecule has 2 nitrogen and oxygen atoms in total. The van der Waals surface area contributed by atoms with E-state index in [-0.39, 0.29) is 0 Å². The highest BCUT2D eigenvalue weighted by molar-refractivity contribution is 6.34. The molecule has 0 spiro atoms. The van der Waals surface area contributed by atoms with Gasteiger partial charge in [0.05, 0.1) is 5.02 Å². The molecule has 4 rings (SSSR count). The van der Waals surface area contributed by atoms with Crippen molar-refractivity contribution in [3.63, 3.8) is 0 Å². The third-order valence-electron chi connectivity index (χ3n) is 4.35. The zero-order valence-corrected chi connectivity index (χ0v) is 12.6. The minimum atomic E-state index is 0.485. The molecule has 1 aliphatic rings. The monoisotopic (exact) mass is 297 g/mol. The van der Waals surface area contributed by atoms with Crippen LogP contribution < -0.4 is 5.32 Å². The van der Waals surface area contributed by atoms with Crippen molar-refractivity contribution in [2.75, 3.05) is 7.05 Å². The SMILES string of the molecule is CNC1CCc2cc(-c3cc4cccc(Cl)c4o3)ccc21. The molecule has 0 saturated carbocycles. The van der Waals surface area contributed by atoms with Crippen molar-refractivity contribution in [2.45, 2.75) is 18.9 Å². The second-order valence-electron chi connectivity index (χ2n) is 5.56. The highest BCUT2D eigenvalue weighted by Gasteiger charge is 2.21. The number of furan rings is 1. The van der Waals surface area contributed by atoms with Crippen molar-refractivity contribution in [3.8, 4) is 11.3 Å². The molecule has 0 saturated heterocycles. The van der Waals surface area contributed by atoms with E-state index >= 15 is 0 Å². The molecule has 1 atom stereocenters. The molecule has 106 valence electrons. The molecule has 1 N–H and O–H groups in total. The van der Waals surface area contributed by atoms with Crippen LogP contribution in [0.2, 0.25) is 5.02 Å². The van der Waals surface area contributed by atoms with Crippen LogP contribution in [-0.2, 0) is 6.42 Å². The highest BCUT2D eigenvalue weighted by Crippen LogP contribution is 2.36. The van der Waals surface area contributed by atoms with Crippen molar-refractivity contribution in [2.24, 2.45) is 0 Å². The van der Waals surface area contributed by atoms with Crippen molar-refractivity contribution in [1.29, 1.82) is 0 Å². The molecule has 0 radical (unpaired) electrons. The summed E-state index contributed by atoms with van der Waals surface area (Å²) in [5, 5.41) is 5.08. The zero-order chi connectivity index (χ0) is 14.4. The Morgan fingerprint density at radius 3 is 2.90 bits per heavy atom. The fraction of sp³-hybridized carbons (Fsp3) is 0.222. The van der Waals surface area contributed by atoms with Crippen molar-refractivity contribution < 1.29 is 4.42 Å². The number of aryl methyl sites for hydroxylation is 1. The van der Waals surface area contributed by atoms with E-state index < -0.39 is 0 Å². The first-order valence-corrected chi connectivity index (χ1v) is 7.62. The van der Waals surface area contributed by atoms with Gasteiger partial charge in [-0.2, -0.15) is 0 Å². The lowest BCUT2D eigenvalue weighted by Crippen LogP contribution is -2.12. The van der Waals surface area contributed by atoms with Crippen molar-refractivity contribution in [3.05, 3.63) is 58.6 Å². The van der Waals surface area contributed by atoms with Gasteiger partial charge in [-0.1, -0.05) is 35.9 Å². The lowest BCUT2D eigenvalue weighted by molar-refractivity contribution is 0.590. The van der Waals surface area contributed by atoms with Crippen molar-refractivity contribution >= 4 is 22.6 Å². The predicted octanol–water partition coefficient (Wildman–Crippen LogP) is 4.96. The minimum absolute atomic E-state index is 0.485. The molecular formula is C18H16ClNO. The molecule has 1 unspecified atom stereocenters. The van der Waals surface area contributed by atoms with Gasteiger partial charge in [0.1, 0.15) is 5.76 Å². The molecule has 1 aromatic heterocycles. The number of hydrogen-bond donors (Lipinski definition) is 1. The average molecular weight is 298 g/mol. The Balaban J connectivity index is 1.81. The van der Waals surface area contributed by atoms with E-state index in [1.807, 2.05) is 25.2 Å². The van der Waals surface area contributed by atoms with Crippen LogP contribution >= 0.6 is 11.6 Å². The molecule has 1 heterocycles. The number of nitrogens with one attached hydrogen (secondary N) is 1. The van der Waals surface area contributed by atoms with Gasteiger partial charge >= 0.3 is 0 Å². The molecule has 3 aromatic rings. The topological polar surface area (TPSA) is 25.2 Å². The third-order valence-corrected chi connectivity index (χ3v) is 4.65. The lowest BCUT2D eigenvalue weighted by Gasteiger charge is -2.10. The normalized spacial score (nSPS) is 17.3. The summed E-state index contributed by atoms with van der Waals surface area (Å²) in [6.07, 6.45) is 2.29. The van der Waals surface area contributed by atoms with Crippen LogP contribution in [0.1, 0.15) is 23.6 Å². The molecule has 0 fully saturated rings. The van der Waals surface area contributed by atoms with E-state index in [0.29, 0.717) is 11.1 Å². The van der Waals surface area contributed by atoms with E-state index in [1.54, 1.807) is 0 Å². The van der Waals surface area contributed by atoms with E-state index in [4.69, 9.17) is 16.0 Å². The number of para-hydroxylation sites is 1. The van der Waals surface area contributed by atoms with E-state index in [0.717, 1.165) is 28.7 Å². The van der Waals surface area contributed by atoms with Crippen LogP contribution in [-0.4, -0.2) is 7.05 Å². The highest BCUT2D eigenvalue weighted by atomic mass is 35.5. The summed E-state index contributed by atoms with van der Waals surface area (Å²) in [6, 6.07) is 15.0. The maximum atomic E-state index is 6.19. The maximum Gasteiger partial charge on any atom is 0.153 e. The van der Waals surface area contributed by atoms with Crippen LogP contribution in [0.15, 0.2) is 46.9 Å². The summed E-state index contributed by atoms with van der Waals surface area (Å²) < 4.78 is 5.95. The summed E-state index contributed by atoms with van der Waals surface area (Å²) in [5.41, 5.74) is 4.72. The van der Waals surface area contributed by atoms with Crippen LogP contribution in [0.4, 0.5) is 0 Å². The van der Waals surface area contributed by atoms with E-state index in [1.165, 1.54) is 17.5 Å². The Morgan fingerprint density at radius 2 is 2.10 bits per heavy atom. The van der Waals surface area contributed by atoms with E-state index in [2.05, 4.69) is 29.6 Å². The van der Waals surface area contributed by atoms with Gasteiger partial charge in [0.15, 0.2) is 5.58 Å². The van der Waals surface area contributed by atoms with Crippen LogP contribution in [0.3, 0.4) is 0 Å². The fourth-order valence-corrected chi connectivity index (χ4v) is 3.46. The van der Waals surface area contributed by atoms with Gasteiger partial charge < -0.3 is 9.73 Å². The number of fused-ring (bicyclic) bond motifs is 2. The van der Waals surface area contributed by atoms with Crippen LogP contribution in [0.25, 0.3) is 22.3 Å². The molecular weight excluding hydrogens is 282 g/mol. The molecule has 2 aromatic carbocycles. The van der Waals surface area contributed by atoms with Crippen molar-refractivity contribution in [1.82, 2.24) is 5.32 Å². The Kier molecular flexibility index (Phi) is 3.02. The number of rotatable bonds is 2. The standard InChI is InChI=1S/C18H16ClNO/c1-20-16-8-6-11-9-12(5-7-14(11)16)17-10-13-3-2-4-15(19)18(13)21-17/h2-5,7,9-10,16,20H,6,8H2,1H3. The largest absolute Gasteiger partial charge is 0.455 e. The predicted molar refractivity (Wildman–Crippen MR) is 86.8 cm³/mol. The second-order valence-corrected chi connectivity index (χ2v) is 5.97. The van der Waals surface area contributed by atoms with Gasteiger partial charge in [-0.25, -0.2) is 0 Å². The van der Waals surface area contributed by atoms with E-state index in [9.17, 15) is 0 Å². The molecule has 3 heteroatoms. The average Bonchev–Trinajstić information content (AvgIpc) is 3.10. The number of benzene rings is 2. The van der Waals surface area contributed by atoms with Gasteiger partial charge in [0.2, 0.25) is 0 Å². The summed E-state index contributed by atoms with van der Waals surface area (Å²) in [6.45, 7) is 0. The van der Waals surface area contributed by atoms with Gasteiger partial charge in [-0.15, -0.1) is 0 Å². The second kappa shape index (κ2) is 4.90. The Morgan fingerprint density at radius 1 is 1.19 bits per heavy atom. The molecule has 0 bridgehead atoms. The fourth-order valence-electron chi connectivity index (χ4n) is 3.24. The summed E-state index contributed by atoms with van der Waals surface area (Å²) in [7, 11) is 2.02. The Hall–Kier alpha value is -1.77. The Labute approximate surface area is 128 Å². The molecule has 0 amide bonds. The van der Waals surface area contributed by atoms with Gasteiger partial charge in [0.25, 0.3) is 0 Å². The van der Waals surface area contributed by atoms with Crippen LogP contribution in [0.5, 0.6) is 0 Å². The smallest absolute Gasteiger partial charge is 0.153 e. The lowest BCUT2D eigenvalue weighted by atomic mass is 10.0. The third kappa shape index (κ3) is 2.06. The van der Waals surface area contributed by atoms with Crippen LogP contribution in [0, 0.1) is 0 Å². The quantitative estimate of drug-likeness (QED) is 0.723. The first-order valence-electron chi connectivity index (χ1n) is 7.25. The maximum absolute atomic E-state index is 6.19. The zero-order valence-electron chi connectivity index (χ0n) is 11.8. The number of halogens is 1. The van der Waals surface area contributed by atoms with Gasteiger partial charge in [-0.05, 0) is 49.2 Å². The molecule has 0 aliphatic heterocycles. The first-order chi connectivity index (χ1) is 10.3. The van der Waals surface area contributed by atoms with Gasteiger partial charge in [-0.3, -0.25) is 0 Å². The summed E-state index contributed by atoms with van der Waals surface area (Å²) in [4.78, 5) is 0. The number of hydrogen-bond acceptors (Lipinski definition) is 2. The summed E-state index contributed by atoms with van der Waals surface area (Å²) >= 11 is 6.19. The summed E-state index contributed by atoms with van der Waals surface area (Å²) in [5.74, 6) is 0.883. The molecule has 1 aliphatic carbocycles. The first kappa shape index (κ1) is 12.9.